The third-order valence-corrected chi connectivity index (χ3v) is 4.36. The third kappa shape index (κ3) is 2.25. The fourth-order valence-corrected chi connectivity index (χ4v) is 3.08. The van der Waals surface area contributed by atoms with Crippen LogP contribution in [0.15, 0.2) is 36.8 Å². The van der Waals surface area contributed by atoms with Gasteiger partial charge < -0.3 is 4.90 Å². The van der Waals surface area contributed by atoms with E-state index in [0.717, 1.165) is 16.2 Å². The zero-order valence-electron chi connectivity index (χ0n) is 12.8. The molecule has 0 unspecified atom stereocenters. The number of hydrogen-bond acceptors (Lipinski definition) is 5. The van der Waals surface area contributed by atoms with Crippen LogP contribution < -0.4 is 0 Å². The second-order valence-electron chi connectivity index (χ2n) is 5.80. The Hall–Kier alpha value is -3.09. The molecule has 0 spiro atoms. The molecule has 0 bridgehead atoms. The van der Waals surface area contributed by atoms with E-state index < -0.39 is 0 Å². The SMILES string of the molecule is O=C(CCN1C(=O)c2ccccc2C1=O)N1Cc2cncnc2C1. The summed E-state index contributed by atoms with van der Waals surface area (Å²) in [6, 6.07) is 6.71. The van der Waals surface area contributed by atoms with Gasteiger partial charge in [-0.15, -0.1) is 0 Å². The van der Waals surface area contributed by atoms with Gasteiger partial charge in [0.15, 0.2) is 0 Å². The second kappa shape index (κ2) is 5.52. The summed E-state index contributed by atoms with van der Waals surface area (Å²) in [5, 5.41) is 0. The van der Waals surface area contributed by atoms with E-state index in [9.17, 15) is 14.4 Å². The highest BCUT2D eigenvalue weighted by Crippen LogP contribution is 2.24. The number of carbonyl (C=O) groups is 3. The van der Waals surface area contributed by atoms with Crippen molar-refractivity contribution in [3.05, 3.63) is 59.2 Å². The molecule has 7 heteroatoms. The van der Waals surface area contributed by atoms with Crippen LogP contribution in [0.3, 0.4) is 0 Å². The Bertz CT molecular complexity index is 804. The quantitative estimate of drug-likeness (QED) is 0.787. The van der Waals surface area contributed by atoms with Crippen molar-refractivity contribution in [1.29, 1.82) is 0 Å². The summed E-state index contributed by atoms with van der Waals surface area (Å²) in [6.45, 7) is 1.000. The second-order valence-corrected chi connectivity index (χ2v) is 5.80. The van der Waals surface area contributed by atoms with Gasteiger partial charge in [-0.3, -0.25) is 19.3 Å². The van der Waals surface area contributed by atoms with Crippen LogP contribution in [0, 0.1) is 0 Å². The van der Waals surface area contributed by atoms with Gasteiger partial charge in [-0.25, -0.2) is 9.97 Å². The minimum absolute atomic E-state index is 0.0870. The van der Waals surface area contributed by atoms with Crippen LogP contribution in [-0.4, -0.2) is 44.0 Å². The molecule has 120 valence electrons. The smallest absolute Gasteiger partial charge is 0.261 e. The minimum atomic E-state index is -0.334. The number of aromatic nitrogens is 2. The molecule has 0 saturated heterocycles. The third-order valence-electron chi connectivity index (χ3n) is 4.36. The summed E-state index contributed by atoms with van der Waals surface area (Å²) in [6.07, 6.45) is 3.28. The van der Waals surface area contributed by atoms with Crippen molar-refractivity contribution in [1.82, 2.24) is 19.8 Å². The van der Waals surface area contributed by atoms with Crippen LogP contribution in [0.2, 0.25) is 0 Å². The van der Waals surface area contributed by atoms with Gasteiger partial charge in [0.2, 0.25) is 5.91 Å². The van der Waals surface area contributed by atoms with E-state index in [1.54, 1.807) is 35.4 Å². The molecule has 0 saturated carbocycles. The molecule has 4 rings (SSSR count). The lowest BCUT2D eigenvalue weighted by atomic mass is 10.1. The fourth-order valence-electron chi connectivity index (χ4n) is 3.08. The summed E-state index contributed by atoms with van der Waals surface area (Å²) >= 11 is 0. The molecular weight excluding hydrogens is 308 g/mol. The van der Waals surface area contributed by atoms with E-state index in [0.29, 0.717) is 24.2 Å². The van der Waals surface area contributed by atoms with Crippen molar-refractivity contribution in [3.63, 3.8) is 0 Å². The monoisotopic (exact) mass is 322 g/mol. The number of hydrogen-bond donors (Lipinski definition) is 0. The number of amides is 3. The van der Waals surface area contributed by atoms with Gasteiger partial charge in [-0.2, -0.15) is 0 Å². The number of imide groups is 1. The standard InChI is InChI=1S/C17H14N4O3/c22-15(20-8-11-7-18-10-19-14(11)9-20)5-6-21-16(23)12-3-1-2-4-13(12)17(21)24/h1-4,7,10H,5-6,8-9H2. The minimum Gasteiger partial charge on any atom is -0.332 e. The van der Waals surface area contributed by atoms with Crippen molar-refractivity contribution >= 4 is 17.7 Å². The Morgan fingerprint density at radius 1 is 1.08 bits per heavy atom. The average molecular weight is 322 g/mol. The van der Waals surface area contributed by atoms with Crippen molar-refractivity contribution < 1.29 is 14.4 Å². The van der Waals surface area contributed by atoms with Crippen LogP contribution in [0.5, 0.6) is 0 Å². The largest absolute Gasteiger partial charge is 0.332 e. The predicted molar refractivity (Wildman–Crippen MR) is 82.7 cm³/mol. The topological polar surface area (TPSA) is 83.5 Å². The molecule has 0 radical (unpaired) electrons. The predicted octanol–water partition coefficient (Wildman–Crippen LogP) is 1.01. The first-order chi connectivity index (χ1) is 11.6. The van der Waals surface area contributed by atoms with Gasteiger partial charge in [0.05, 0.1) is 23.4 Å². The first-order valence-corrected chi connectivity index (χ1v) is 7.66. The van der Waals surface area contributed by atoms with Crippen molar-refractivity contribution in [2.45, 2.75) is 19.5 Å². The number of carbonyl (C=O) groups excluding carboxylic acids is 3. The van der Waals surface area contributed by atoms with Crippen molar-refractivity contribution in [2.75, 3.05) is 6.54 Å². The molecule has 1 aromatic carbocycles. The van der Waals surface area contributed by atoms with E-state index in [-0.39, 0.29) is 30.7 Å². The summed E-state index contributed by atoms with van der Waals surface area (Å²) in [4.78, 5) is 47.9. The highest BCUT2D eigenvalue weighted by atomic mass is 16.2. The average Bonchev–Trinajstić information content (AvgIpc) is 3.14. The highest BCUT2D eigenvalue weighted by Gasteiger charge is 2.35. The maximum atomic E-state index is 12.4. The number of fused-ring (bicyclic) bond motifs is 2. The molecule has 7 nitrogen and oxygen atoms in total. The maximum Gasteiger partial charge on any atom is 0.261 e. The lowest BCUT2D eigenvalue weighted by Crippen LogP contribution is -2.35. The van der Waals surface area contributed by atoms with Gasteiger partial charge in [-0.1, -0.05) is 12.1 Å². The van der Waals surface area contributed by atoms with E-state index in [2.05, 4.69) is 9.97 Å². The van der Waals surface area contributed by atoms with E-state index in [1.807, 2.05) is 0 Å². The van der Waals surface area contributed by atoms with E-state index in [4.69, 9.17) is 0 Å². The Kier molecular flexibility index (Phi) is 3.34. The first-order valence-electron chi connectivity index (χ1n) is 7.66. The van der Waals surface area contributed by atoms with Gasteiger partial charge in [0, 0.05) is 31.3 Å². The molecule has 3 amide bonds. The molecule has 0 atom stereocenters. The fraction of sp³-hybridized carbons (Fsp3) is 0.235. The summed E-state index contributed by atoms with van der Waals surface area (Å²) in [5.41, 5.74) is 2.59. The molecule has 0 aliphatic carbocycles. The number of benzene rings is 1. The van der Waals surface area contributed by atoms with Crippen LogP contribution in [0.4, 0.5) is 0 Å². The van der Waals surface area contributed by atoms with Crippen molar-refractivity contribution in [2.24, 2.45) is 0 Å². The summed E-state index contributed by atoms with van der Waals surface area (Å²) < 4.78 is 0. The lowest BCUT2D eigenvalue weighted by Gasteiger charge is -2.18. The Morgan fingerprint density at radius 2 is 1.79 bits per heavy atom. The van der Waals surface area contributed by atoms with Crippen LogP contribution in [0.25, 0.3) is 0 Å². The van der Waals surface area contributed by atoms with E-state index >= 15 is 0 Å². The van der Waals surface area contributed by atoms with Gasteiger partial charge >= 0.3 is 0 Å². The molecule has 24 heavy (non-hydrogen) atoms. The number of nitrogens with zero attached hydrogens (tertiary/aromatic N) is 4. The molecule has 0 N–H and O–H groups in total. The summed E-state index contributed by atoms with van der Waals surface area (Å²) in [5.74, 6) is -0.775. The molecular formula is C17H14N4O3. The Balaban J connectivity index is 1.41. The Labute approximate surface area is 137 Å². The van der Waals surface area contributed by atoms with Gasteiger partial charge in [0.1, 0.15) is 6.33 Å². The molecule has 2 aliphatic rings. The normalized spacial score (nSPS) is 15.7. The lowest BCUT2D eigenvalue weighted by molar-refractivity contribution is -0.131. The van der Waals surface area contributed by atoms with Crippen LogP contribution in [0.1, 0.15) is 38.4 Å². The molecule has 2 aromatic rings. The number of rotatable bonds is 3. The van der Waals surface area contributed by atoms with Gasteiger partial charge in [0.25, 0.3) is 11.8 Å². The van der Waals surface area contributed by atoms with Crippen LogP contribution >= 0.6 is 0 Å². The molecule has 3 heterocycles. The zero-order valence-corrected chi connectivity index (χ0v) is 12.8. The Morgan fingerprint density at radius 3 is 2.46 bits per heavy atom. The maximum absolute atomic E-state index is 12.4. The molecule has 0 fully saturated rings. The first kappa shape index (κ1) is 14.5. The highest BCUT2D eigenvalue weighted by molar-refractivity contribution is 6.21. The zero-order chi connectivity index (χ0) is 16.7. The molecule has 2 aliphatic heterocycles. The molecule has 1 aromatic heterocycles. The van der Waals surface area contributed by atoms with Gasteiger partial charge in [-0.05, 0) is 12.1 Å². The van der Waals surface area contributed by atoms with Crippen LogP contribution in [-0.2, 0) is 17.9 Å². The van der Waals surface area contributed by atoms with Crippen molar-refractivity contribution in [3.8, 4) is 0 Å². The van der Waals surface area contributed by atoms with E-state index in [1.165, 1.54) is 6.33 Å². The summed E-state index contributed by atoms with van der Waals surface area (Å²) in [7, 11) is 0.